The van der Waals surface area contributed by atoms with Gasteiger partial charge in [-0.05, 0) is 36.8 Å². The largest absolute Gasteiger partial charge is 0.308 e. The summed E-state index contributed by atoms with van der Waals surface area (Å²) in [5, 5.41) is 0.673. The molecule has 1 heterocycles. The van der Waals surface area contributed by atoms with E-state index in [4.69, 9.17) is 29.0 Å². The molecule has 4 N–H and O–H groups in total. The van der Waals surface area contributed by atoms with Crippen molar-refractivity contribution >= 4 is 44.7 Å². The summed E-state index contributed by atoms with van der Waals surface area (Å²) in [6.45, 7) is 1.77. The number of nitrogens with one attached hydrogen (secondary N) is 2. The molecule has 2 aromatic rings. The molecule has 0 saturated heterocycles. The van der Waals surface area contributed by atoms with Crippen molar-refractivity contribution in [1.29, 1.82) is 0 Å². The van der Waals surface area contributed by atoms with E-state index in [0.29, 0.717) is 10.8 Å². The SMILES string of the molecule is Cc1cc(Cl)c(NS(=O)(=O)c2ccc(NN)nc2)cc1Cl. The molecule has 9 heteroatoms. The molecule has 112 valence electrons. The first-order valence-electron chi connectivity index (χ1n) is 5.74. The Hall–Kier alpha value is -1.54. The number of nitrogens with zero attached hydrogens (tertiary/aromatic N) is 1. The number of hydrogen-bond donors (Lipinski definition) is 3. The third-order valence-corrected chi connectivity index (χ3v) is 4.76. The Kier molecular flexibility index (Phi) is 4.58. The molecular formula is C12H12Cl2N4O2S. The van der Waals surface area contributed by atoms with Gasteiger partial charge in [-0.3, -0.25) is 4.72 Å². The van der Waals surface area contributed by atoms with Crippen LogP contribution >= 0.6 is 23.2 Å². The fraction of sp³-hybridized carbons (Fsp3) is 0.0833. The van der Waals surface area contributed by atoms with Crippen molar-refractivity contribution in [1.82, 2.24) is 4.98 Å². The number of hydrogen-bond acceptors (Lipinski definition) is 5. The van der Waals surface area contributed by atoms with Crippen LogP contribution < -0.4 is 16.0 Å². The van der Waals surface area contributed by atoms with Crippen molar-refractivity contribution in [3.63, 3.8) is 0 Å². The van der Waals surface area contributed by atoms with Crippen LogP contribution in [-0.4, -0.2) is 13.4 Å². The summed E-state index contributed by atoms with van der Waals surface area (Å²) in [7, 11) is -3.81. The molecular weight excluding hydrogens is 335 g/mol. The van der Waals surface area contributed by atoms with Crippen molar-refractivity contribution < 1.29 is 8.42 Å². The maximum absolute atomic E-state index is 12.2. The quantitative estimate of drug-likeness (QED) is 0.584. The van der Waals surface area contributed by atoms with E-state index in [0.717, 1.165) is 5.56 Å². The third-order valence-electron chi connectivity index (χ3n) is 2.69. The Labute approximate surface area is 132 Å². The highest BCUT2D eigenvalue weighted by Crippen LogP contribution is 2.30. The number of pyridine rings is 1. The molecule has 0 atom stereocenters. The summed E-state index contributed by atoms with van der Waals surface area (Å²) in [5.41, 5.74) is 3.27. The molecule has 2 rings (SSSR count). The Bertz CT molecular complexity index is 764. The van der Waals surface area contributed by atoms with Gasteiger partial charge in [-0.25, -0.2) is 19.2 Å². The van der Waals surface area contributed by atoms with Gasteiger partial charge in [0.1, 0.15) is 10.7 Å². The van der Waals surface area contributed by atoms with Crippen LogP contribution in [0.2, 0.25) is 10.0 Å². The molecule has 6 nitrogen and oxygen atoms in total. The zero-order valence-electron chi connectivity index (χ0n) is 10.9. The lowest BCUT2D eigenvalue weighted by Gasteiger charge is -2.11. The Morgan fingerprint density at radius 2 is 1.90 bits per heavy atom. The van der Waals surface area contributed by atoms with Gasteiger partial charge in [0.15, 0.2) is 0 Å². The number of nitrogens with two attached hydrogens (primary N) is 1. The highest BCUT2D eigenvalue weighted by Gasteiger charge is 2.17. The van der Waals surface area contributed by atoms with E-state index in [9.17, 15) is 8.42 Å². The van der Waals surface area contributed by atoms with Crippen LogP contribution in [0, 0.1) is 6.92 Å². The first kappa shape index (κ1) is 15.8. The lowest BCUT2D eigenvalue weighted by Crippen LogP contribution is -2.14. The number of hydrazine groups is 1. The second kappa shape index (κ2) is 6.07. The Morgan fingerprint density at radius 1 is 1.19 bits per heavy atom. The van der Waals surface area contributed by atoms with Gasteiger partial charge in [0.25, 0.3) is 10.0 Å². The summed E-state index contributed by atoms with van der Waals surface area (Å²) < 4.78 is 26.9. The van der Waals surface area contributed by atoms with Gasteiger partial charge >= 0.3 is 0 Å². The predicted molar refractivity (Wildman–Crippen MR) is 84.1 cm³/mol. The Morgan fingerprint density at radius 3 is 2.48 bits per heavy atom. The third kappa shape index (κ3) is 3.56. The van der Waals surface area contributed by atoms with Crippen molar-refractivity contribution in [3.8, 4) is 0 Å². The first-order valence-corrected chi connectivity index (χ1v) is 7.98. The first-order chi connectivity index (χ1) is 9.83. The van der Waals surface area contributed by atoms with Crippen LogP contribution in [0.4, 0.5) is 11.5 Å². The molecule has 21 heavy (non-hydrogen) atoms. The van der Waals surface area contributed by atoms with Crippen LogP contribution in [0.25, 0.3) is 0 Å². The number of sulfonamides is 1. The molecule has 0 aliphatic rings. The average molecular weight is 347 g/mol. The predicted octanol–water partition coefficient (Wildman–Crippen LogP) is 2.78. The number of aryl methyl sites for hydroxylation is 1. The minimum absolute atomic E-state index is 0.0192. The molecule has 0 saturated carbocycles. The number of aromatic nitrogens is 1. The normalized spacial score (nSPS) is 11.2. The highest BCUT2D eigenvalue weighted by molar-refractivity contribution is 7.92. The standard InChI is InChI=1S/C12H12Cl2N4O2S/c1-7-4-10(14)11(5-9(7)13)18-21(19,20)8-2-3-12(17-15)16-6-8/h2-6,18H,15H2,1H3,(H,16,17). The molecule has 0 aliphatic carbocycles. The number of halogens is 2. The van der Waals surface area contributed by atoms with Gasteiger partial charge in [-0.15, -0.1) is 0 Å². The summed E-state index contributed by atoms with van der Waals surface area (Å²) in [5.74, 6) is 5.53. The fourth-order valence-electron chi connectivity index (χ4n) is 1.55. The van der Waals surface area contributed by atoms with Gasteiger partial charge in [-0.2, -0.15) is 0 Å². The lowest BCUT2D eigenvalue weighted by atomic mass is 10.2. The molecule has 0 spiro atoms. The summed E-state index contributed by atoms with van der Waals surface area (Å²) in [4.78, 5) is 3.83. The van der Waals surface area contributed by atoms with E-state index < -0.39 is 10.0 Å². The van der Waals surface area contributed by atoms with Crippen molar-refractivity contribution in [3.05, 3.63) is 46.1 Å². The van der Waals surface area contributed by atoms with E-state index in [-0.39, 0.29) is 15.6 Å². The fourth-order valence-corrected chi connectivity index (χ4v) is 3.05. The van der Waals surface area contributed by atoms with Crippen molar-refractivity contribution in [2.24, 2.45) is 5.84 Å². The van der Waals surface area contributed by atoms with Gasteiger partial charge in [0, 0.05) is 11.2 Å². The van der Waals surface area contributed by atoms with Crippen LogP contribution in [0.3, 0.4) is 0 Å². The number of benzene rings is 1. The second-order valence-electron chi connectivity index (χ2n) is 4.21. The Balaban J connectivity index is 2.34. The molecule has 0 amide bonds. The van der Waals surface area contributed by atoms with E-state index in [1.165, 1.54) is 24.4 Å². The molecule has 0 aliphatic heterocycles. The van der Waals surface area contributed by atoms with Crippen LogP contribution in [-0.2, 0) is 10.0 Å². The molecule has 1 aromatic carbocycles. The van der Waals surface area contributed by atoms with Gasteiger partial charge < -0.3 is 5.43 Å². The van der Waals surface area contributed by atoms with Crippen molar-refractivity contribution in [2.45, 2.75) is 11.8 Å². The minimum Gasteiger partial charge on any atom is -0.308 e. The zero-order chi connectivity index (χ0) is 15.6. The maximum Gasteiger partial charge on any atom is 0.263 e. The summed E-state index contributed by atoms with van der Waals surface area (Å²) >= 11 is 12.0. The maximum atomic E-state index is 12.2. The molecule has 0 fully saturated rings. The average Bonchev–Trinajstić information content (AvgIpc) is 2.44. The van der Waals surface area contributed by atoms with Gasteiger partial charge in [0.2, 0.25) is 0 Å². The number of nitrogen functional groups attached to an aromatic ring is 1. The summed E-state index contributed by atoms with van der Waals surface area (Å²) in [6.07, 6.45) is 1.18. The molecule has 0 radical (unpaired) electrons. The van der Waals surface area contributed by atoms with Crippen LogP contribution in [0.1, 0.15) is 5.56 Å². The topological polar surface area (TPSA) is 97.1 Å². The minimum atomic E-state index is -3.81. The second-order valence-corrected chi connectivity index (χ2v) is 6.71. The number of anilines is 2. The van der Waals surface area contributed by atoms with E-state index >= 15 is 0 Å². The number of rotatable bonds is 4. The van der Waals surface area contributed by atoms with Crippen LogP contribution in [0.5, 0.6) is 0 Å². The van der Waals surface area contributed by atoms with E-state index in [1.54, 1.807) is 13.0 Å². The molecule has 0 bridgehead atoms. The zero-order valence-corrected chi connectivity index (χ0v) is 13.2. The highest BCUT2D eigenvalue weighted by atomic mass is 35.5. The lowest BCUT2D eigenvalue weighted by molar-refractivity contribution is 0.601. The molecule has 1 aromatic heterocycles. The monoisotopic (exact) mass is 346 g/mol. The van der Waals surface area contributed by atoms with E-state index in [2.05, 4.69) is 15.1 Å². The summed E-state index contributed by atoms with van der Waals surface area (Å²) in [6, 6.07) is 5.86. The molecule has 0 unspecified atom stereocenters. The smallest absolute Gasteiger partial charge is 0.263 e. The van der Waals surface area contributed by atoms with Crippen molar-refractivity contribution in [2.75, 3.05) is 10.1 Å². The van der Waals surface area contributed by atoms with Gasteiger partial charge in [0.05, 0.1) is 10.7 Å². The van der Waals surface area contributed by atoms with Gasteiger partial charge in [-0.1, -0.05) is 23.2 Å². The van der Waals surface area contributed by atoms with Crippen LogP contribution in [0.15, 0.2) is 35.4 Å². The van der Waals surface area contributed by atoms with E-state index in [1.807, 2.05) is 0 Å².